The Morgan fingerprint density at radius 1 is 1.09 bits per heavy atom. The molecule has 3 rings (SSSR count). The highest BCUT2D eigenvalue weighted by molar-refractivity contribution is 7.89. The molecular weight excluding hydrogens is 444 g/mol. The molecule has 0 aliphatic carbocycles. The van der Waals surface area contributed by atoms with Gasteiger partial charge in [0.2, 0.25) is 15.9 Å². The highest BCUT2D eigenvalue weighted by Gasteiger charge is 2.27. The van der Waals surface area contributed by atoms with E-state index in [9.17, 15) is 13.2 Å². The first-order valence-corrected chi connectivity index (χ1v) is 12.1. The molecule has 0 amide bonds. The second-order valence-corrected chi connectivity index (χ2v) is 9.47. The van der Waals surface area contributed by atoms with Crippen LogP contribution >= 0.6 is 0 Å². The summed E-state index contributed by atoms with van der Waals surface area (Å²) in [5, 5.41) is 0. The average molecular weight is 473 g/mol. The first-order valence-electron chi connectivity index (χ1n) is 10.7. The second kappa shape index (κ2) is 10.2. The molecule has 0 unspecified atom stereocenters. The van der Waals surface area contributed by atoms with Gasteiger partial charge in [-0.2, -0.15) is 4.31 Å². The first kappa shape index (κ1) is 24.5. The number of benzene rings is 2. The molecule has 1 aliphatic heterocycles. The van der Waals surface area contributed by atoms with Gasteiger partial charge in [0.25, 0.3) is 0 Å². The van der Waals surface area contributed by atoms with Crippen LogP contribution in [0.2, 0.25) is 0 Å². The van der Waals surface area contributed by atoms with Crippen molar-refractivity contribution in [2.45, 2.75) is 38.7 Å². The van der Waals surface area contributed by atoms with Gasteiger partial charge in [0.15, 0.2) is 17.2 Å². The number of aliphatic imine (C=N–C) groups is 1. The summed E-state index contributed by atoms with van der Waals surface area (Å²) in [7, 11) is -2.11. The van der Waals surface area contributed by atoms with E-state index in [4.69, 9.17) is 14.2 Å². The Kier molecular flexibility index (Phi) is 7.55. The fraction of sp³-hybridized carbons (Fsp3) is 0.333. The van der Waals surface area contributed by atoms with E-state index in [1.165, 1.54) is 16.4 Å². The SMILES string of the molecule is CCN(CC)S(=O)(=O)c1cccc(C2=N/C(=C\c3ccc(OC(C)C)c(OC)c3)C(=O)O2)c1. The van der Waals surface area contributed by atoms with Crippen molar-refractivity contribution in [3.05, 3.63) is 59.3 Å². The zero-order valence-electron chi connectivity index (χ0n) is 19.4. The lowest BCUT2D eigenvalue weighted by Crippen LogP contribution is -2.30. The van der Waals surface area contributed by atoms with Crippen LogP contribution in [0.4, 0.5) is 0 Å². The van der Waals surface area contributed by atoms with Crippen LogP contribution in [0, 0.1) is 0 Å². The summed E-state index contributed by atoms with van der Waals surface area (Å²) in [5.74, 6) is 0.556. The van der Waals surface area contributed by atoms with Gasteiger partial charge in [-0.05, 0) is 55.8 Å². The summed E-state index contributed by atoms with van der Waals surface area (Å²) in [6, 6.07) is 11.5. The maximum Gasteiger partial charge on any atom is 0.363 e. The number of hydrogen-bond acceptors (Lipinski definition) is 7. The number of esters is 1. The normalized spacial score (nSPS) is 15.2. The van der Waals surface area contributed by atoms with Crippen molar-refractivity contribution in [2.75, 3.05) is 20.2 Å². The van der Waals surface area contributed by atoms with Crippen molar-refractivity contribution in [3.8, 4) is 11.5 Å². The van der Waals surface area contributed by atoms with Gasteiger partial charge in [-0.25, -0.2) is 18.2 Å². The van der Waals surface area contributed by atoms with E-state index >= 15 is 0 Å². The van der Waals surface area contributed by atoms with Crippen molar-refractivity contribution in [2.24, 2.45) is 4.99 Å². The number of nitrogens with zero attached hydrogens (tertiary/aromatic N) is 2. The molecular formula is C24H28N2O6S. The molecule has 0 saturated heterocycles. The lowest BCUT2D eigenvalue weighted by Gasteiger charge is -2.18. The average Bonchev–Trinajstić information content (AvgIpc) is 3.15. The monoisotopic (exact) mass is 472 g/mol. The van der Waals surface area contributed by atoms with Crippen LogP contribution < -0.4 is 9.47 Å². The number of hydrogen-bond donors (Lipinski definition) is 0. The minimum atomic E-state index is -3.65. The molecule has 0 atom stereocenters. The van der Waals surface area contributed by atoms with E-state index in [2.05, 4.69) is 4.99 Å². The summed E-state index contributed by atoms with van der Waals surface area (Å²) < 4.78 is 43.4. The molecule has 2 aromatic rings. The summed E-state index contributed by atoms with van der Waals surface area (Å²) in [6.45, 7) is 8.11. The van der Waals surface area contributed by atoms with Crippen LogP contribution in [-0.4, -0.2) is 50.9 Å². The van der Waals surface area contributed by atoms with Gasteiger partial charge in [-0.1, -0.05) is 26.0 Å². The van der Waals surface area contributed by atoms with Crippen LogP contribution in [0.25, 0.3) is 6.08 Å². The Morgan fingerprint density at radius 3 is 2.45 bits per heavy atom. The Labute approximate surface area is 194 Å². The molecule has 0 N–H and O–H groups in total. The fourth-order valence-electron chi connectivity index (χ4n) is 3.32. The van der Waals surface area contributed by atoms with Crippen LogP contribution in [0.5, 0.6) is 11.5 Å². The Balaban J connectivity index is 1.92. The van der Waals surface area contributed by atoms with E-state index in [1.807, 2.05) is 13.8 Å². The second-order valence-electron chi connectivity index (χ2n) is 7.53. The lowest BCUT2D eigenvalue weighted by atomic mass is 10.1. The quantitative estimate of drug-likeness (QED) is 0.406. The largest absolute Gasteiger partial charge is 0.493 e. The van der Waals surface area contributed by atoms with Gasteiger partial charge in [0, 0.05) is 18.7 Å². The molecule has 33 heavy (non-hydrogen) atoms. The summed E-state index contributed by atoms with van der Waals surface area (Å²) in [6.07, 6.45) is 1.56. The van der Waals surface area contributed by atoms with Gasteiger partial charge < -0.3 is 14.2 Å². The van der Waals surface area contributed by atoms with Gasteiger partial charge in [0.05, 0.1) is 18.1 Å². The van der Waals surface area contributed by atoms with Crippen molar-refractivity contribution < 1.29 is 27.4 Å². The summed E-state index contributed by atoms with van der Waals surface area (Å²) in [4.78, 5) is 16.8. The highest BCUT2D eigenvalue weighted by atomic mass is 32.2. The fourth-order valence-corrected chi connectivity index (χ4v) is 4.82. The minimum absolute atomic E-state index is 0.0126. The molecule has 0 aromatic heterocycles. The number of carbonyl (C=O) groups is 1. The maximum atomic E-state index is 12.8. The Hall–Kier alpha value is -3.17. The molecule has 0 fully saturated rings. The van der Waals surface area contributed by atoms with Crippen LogP contribution in [0.1, 0.15) is 38.8 Å². The first-order chi connectivity index (χ1) is 15.7. The van der Waals surface area contributed by atoms with Crippen molar-refractivity contribution in [3.63, 3.8) is 0 Å². The number of sulfonamides is 1. The molecule has 0 saturated carbocycles. The molecule has 9 heteroatoms. The van der Waals surface area contributed by atoms with Gasteiger partial charge in [-0.3, -0.25) is 0 Å². The molecule has 176 valence electrons. The van der Waals surface area contributed by atoms with Crippen LogP contribution in [-0.2, 0) is 19.6 Å². The lowest BCUT2D eigenvalue weighted by molar-refractivity contribution is -0.129. The maximum absolute atomic E-state index is 12.8. The van der Waals surface area contributed by atoms with Crippen LogP contribution in [0.15, 0.2) is 58.0 Å². The highest BCUT2D eigenvalue weighted by Crippen LogP contribution is 2.30. The molecule has 1 aliphatic rings. The molecule has 0 radical (unpaired) electrons. The summed E-state index contributed by atoms with van der Waals surface area (Å²) >= 11 is 0. The van der Waals surface area contributed by atoms with Crippen molar-refractivity contribution >= 4 is 28.0 Å². The third-order valence-electron chi connectivity index (χ3n) is 4.90. The predicted molar refractivity (Wildman–Crippen MR) is 126 cm³/mol. The van der Waals surface area contributed by atoms with E-state index < -0.39 is 16.0 Å². The topological polar surface area (TPSA) is 94.5 Å². The molecule has 0 bridgehead atoms. The number of carbonyl (C=O) groups excluding carboxylic acids is 1. The van der Waals surface area contributed by atoms with Crippen molar-refractivity contribution in [1.29, 1.82) is 0 Å². The molecule has 1 heterocycles. The van der Waals surface area contributed by atoms with E-state index in [0.717, 1.165) is 0 Å². The van der Waals surface area contributed by atoms with Crippen molar-refractivity contribution in [1.82, 2.24) is 4.31 Å². The predicted octanol–water partition coefficient (Wildman–Crippen LogP) is 3.86. The molecule has 0 spiro atoms. The van der Waals surface area contributed by atoms with E-state index in [0.29, 0.717) is 35.7 Å². The number of methoxy groups -OCH3 is 1. The number of rotatable bonds is 9. The third-order valence-corrected chi connectivity index (χ3v) is 6.94. The van der Waals surface area contributed by atoms with Gasteiger partial charge in [-0.15, -0.1) is 0 Å². The Morgan fingerprint density at radius 2 is 1.82 bits per heavy atom. The number of cyclic esters (lactones) is 1. The zero-order valence-corrected chi connectivity index (χ0v) is 20.2. The minimum Gasteiger partial charge on any atom is -0.493 e. The van der Waals surface area contributed by atoms with E-state index in [1.54, 1.807) is 57.4 Å². The number of ether oxygens (including phenoxy) is 3. The third kappa shape index (κ3) is 5.43. The molecule has 8 nitrogen and oxygen atoms in total. The standard InChI is InChI=1S/C24H28N2O6S/c1-6-26(7-2)33(28,29)19-10-8-9-18(15-19)23-25-20(24(27)32-23)13-17-11-12-21(31-16(3)4)22(14-17)30-5/h8-16H,6-7H2,1-5H3/b20-13-. The van der Waals surface area contributed by atoms with Crippen LogP contribution in [0.3, 0.4) is 0 Å². The smallest absolute Gasteiger partial charge is 0.363 e. The van der Waals surface area contributed by atoms with Gasteiger partial charge >= 0.3 is 5.97 Å². The molecule has 2 aromatic carbocycles. The van der Waals surface area contributed by atoms with E-state index in [-0.39, 0.29) is 22.6 Å². The zero-order chi connectivity index (χ0) is 24.2. The Bertz CT molecular complexity index is 1200. The summed E-state index contributed by atoms with van der Waals surface area (Å²) in [5.41, 5.74) is 1.18. The van der Waals surface area contributed by atoms with Gasteiger partial charge in [0.1, 0.15) is 0 Å².